The summed E-state index contributed by atoms with van der Waals surface area (Å²) >= 11 is 0. The number of aryl methyl sites for hydroxylation is 1. The van der Waals surface area contributed by atoms with Crippen molar-refractivity contribution in [3.8, 4) is 0 Å². The predicted molar refractivity (Wildman–Crippen MR) is 112 cm³/mol. The molecule has 0 radical (unpaired) electrons. The highest BCUT2D eigenvalue weighted by Crippen LogP contribution is 2.34. The summed E-state index contributed by atoms with van der Waals surface area (Å²) in [4.78, 5) is 15.8. The van der Waals surface area contributed by atoms with Crippen molar-refractivity contribution in [1.82, 2.24) is 25.2 Å². The van der Waals surface area contributed by atoms with E-state index < -0.39 is 0 Å². The molecule has 0 amide bonds. The zero-order chi connectivity index (χ0) is 18.8. The van der Waals surface area contributed by atoms with Crippen molar-refractivity contribution in [2.24, 2.45) is 0 Å². The summed E-state index contributed by atoms with van der Waals surface area (Å²) in [7, 11) is 0. The van der Waals surface area contributed by atoms with Gasteiger partial charge in [0.05, 0.1) is 29.3 Å². The van der Waals surface area contributed by atoms with E-state index in [-0.39, 0.29) is 0 Å². The largest absolute Gasteiger partial charge is 0.341 e. The first-order valence-electron chi connectivity index (χ1n) is 10.7. The van der Waals surface area contributed by atoms with E-state index in [1.165, 1.54) is 43.4 Å². The monoisotopic (exact) mass is 375 g/mol. The summed E-state index contributed by atoms with van der Waals surface area (Å²) in [6, 6.07) is 13.6. The van der Waals surface area contributed by atoms with Crippen LogP contribution in [0.15, 0.2) is 42.6 Å². The van der Waals surface area contributed by atoms with Crippen LogP contribution in [-0.2, 0) is 13.0 Å². The minimum Gasteiger partial charge on any atom is -0.341 e. The van der Waals surface area contributed by atoms with Gasteiger partial charge in [0, 0.05) is 18.8 Å². The Kier molecular flexibility index (Phi) is 5.10. The predicted octanol–water partition coefficient (Wildman–Crippen LogP) is 3.98. The first-order valence-corrected chi connectivity index (χ1v) is 10.7. The van der Waals surface area contributed by atoms with Gasteiger partial charge in [-0.2, -0.15) is 0 Å². The summed E-state index contributed by atoms with van der Waals surface area (Å²) in [5, 5.41) is 3.73. The van der Waals surface area contributed by atoms with E-state index in [9.17, 15) is 0 Å². The second kappa shape index (κ2) is 8.02. The number of imidazole rings is 1. The Morgan fingerprint density at radius 1 is 1.04 bits per heavy atom. The van der Waals surface area contributed by atoms with Gasteiger partial charge in [0.15, 0.2) is 0 Å². The maximum Gasteiger partial charge on any atom is 0.121 e. The van der Waals surface area contributed by atoms with Gasteiger partial charge in [0.1, 0.15) is 5.82 Å². The van der Waals surface area contributed by atoms with Crippen LogP contribution in [0, 0.1) is 0 Å². The fourth-order valence-electron chi connectivity index (χ4n) is 4.88. The Hall–Kier alpha value is -2.24. The highest BCUT2D eigenvalue weighted by Gasteiger charge is 2.30. The molecule has 2 aromatic heterocycles. The van der Waals surface area contributed by atoms with Crippen LogP contribution in [0.1, 0.15) is 55.2 Å². The molecular weight excluding hydrogens is 346 g/mol. The molecule has 5 rings (SSSR count). The number of hydrogen-bond donors (Lipinski definition) is 2. The molecule has 2 atom stereocenters. The Morgan fingerprint density at radius 2 is 2.00 bits per heavy atom. The highest BCUT2D eigenvalue weighted by atomic mass is 15.2. The lowest BCUT2D eigenvalue weighted by molar-refractivity contribution is 0.137. The number of rotatable bonds is 5. The molecule has 0 saturated carbocycles. The van der Waals surface area contributed by atoms with Gasteiger partial charge in [-0.1, -0.05) is 24.6 Å². The standard InChI is InChI=1S/C23H29N5/c1-2-11-20-19(10-1)26-22(27-20)16-28(15-18-9-3-4-13-24-18)21-12-5-7-17-8-6-14-25-23(17)21/h1-2,6,8,10-11,14,18,21,24H,3-5,7,9,12-13,15-16H2,(H,26,27). The van der Waals surface area contributed by atoms with Crippen LogP contribution in [0.2, 0.25) is 0 Å². The molecule has 28 heavy (non-hydrogen) atoms. The summed E-state index contributed by atoms with van der Waals surface area (Å²) < 4.78 is 0. The number of nitrogens with one attached hydrogen (secondary N) is 2. The maximum atomic E-state index is 4.86. The molecule has 0 bridgehead atoms. The topological polar surface area (TPSA) is 56.8 Å². The second-order valence-corrected chi connectivity index (χ2v) is 8.23. The van der Waals surface area contributed by atoms with Crippen LogP contribution in [0.5, 0.6) is 0 Å². The number of nitrogens with zero attached hydrogens (tertiary/aromatic N) is 3. The van der Waals surface area contributed by atoms with Gasteiger partial charge in [-0.15, -0.1) is 0 Å². The normalized spacial score (nSPS) is 22.5. The molecule has 5 heteroatoms. The number of hydrogen-bond acceptors (Lipinski definition) is 4. The SMILES string of the molecule is c1cnc2c(c1)CCCC2N(Cc1nc2ccccc2[nH]1)CC1CCCCN1. The molecule has 3 heterocycles. The van der Waals surface area contributed by atoms with Crippen molar-refractivity contribution in [3.63, 3.8) is 0 Å². The van der Waals surface area contributed by atoms with Gasteiger partial charge in [0.2, 0.25) is 0 Å². The quantitative estimate of drug-likeness (QED) is 0.708. The molecule has 1 fully saturated rings. The number of H-pyrrole nitrogens is 1. The highest BCUT2D eigenvalue weighted by molar-refractivity contribution is 5.74. The van der Waals surface area contributed by atoms with E-state index in [0.29, 0.717) is 12.1 Å². The first-order chi connectivity index (χ1) is 13.9. The Balaban J connectivity index is 1.44. The molecule has 1 aliphatic heterocycles. The second-order valence-electron chi connectivity index (χ2n) is 8.23. The number of aromatic amines is 1. The molecule has 0 spiro atoms. The molecule has 2 N–H and O–H groups in total. The van der Waals surface area contributed by atoms with Crippen molar-refractivity contribution in [2.45, 2.75) is 57.2 Å². The average Bonchev–Trinajstić information content (AvgIpc) is 3.16. The minimum absolute atomic E-state index is 0.377. The van der Waals surface area contributed by atoms with Crippen molar-refractivity contribution in [3.05, 3.63) is 59.7 Å². The van der Waals surface area contributed by atoms with Crippen molar-refractivity contribution >= 4 is 11.0 Å². The van der Waals surface area contributed by atoms with E-state index in [0.717, 1.165) is 42.9 Å². The van der Waals surface area contributed by atoms with Crippen LogP contribution in [-0.4, -0.2) is 39.0 Å². The van der Waals surface area contributed by atoms with E-state index in [2.05, 4.69) is 51.6 Å². The van der Waals surface area contributed by atoms with Gasteiger partial charge in [-0.25, -0.2) is 4.98 Å². The van der Waals surface area contributed by atoms with Gasteiger partial charge >= 0.3 is 0 Å². The Bertz CT molecular complexity index is 894. The third-order valence-corrected chi connectivity index (χ3v) is 6.26. The number of para-hydroxylation sites is 2. The summed E-state index contributed by atoms with van der Waals surface area (Å²) in [6.45, 7) is 3.04. The molecule has 5 nitrogen and oxygen atoms in total. The van der Waals surface area contributed by atoms with Crippen LogP contribution in [0.25, 0.3) is 11.0 Å². The summed E-state index contributed by atoms with van der Waals surface area (Å²) in [6.07, 6.45) is 9.41. The van der Waals surface area contributed by atoms with Gasteiger partial charge in [-0.05, 0) is 62.4 Å². The number of piperidine rings is 1. The summed E-state index contributed by atoms with van der Waals surface area (Å²) in [5.74, 6) is 1.06. The molecule has 1 aliphatic carbocycles. The number of benzene rings is 1. The first kappa shape index (κ1) is 17.8. The number of aromatic nitrogens is 3. The van der Waals surface area contributed by atoms with Crippen LogP contribution in [0.4, 0.5) is 0 Å². The molecule has 146 valence electrons. The van der Waals surface area contributed by atoms with E-state index in [4.69, 9.17) is 9.97 Å². The van der Waals surface area contributed by atoms with Crippen LogP contribution < -0.4 is 5.32 Å². The molecular formula is C23H29N5. The number of pyridine rings is 1. The third kappa shape index (κ3) is 3.69. The number of fused-ring (bicyclic) bond motifs is 2. The summed E-state index contributed by atoms with van der Waals surface area (Å²) in [5.41, 5.74) is 4.87. The average molecular weight is 376 g/mol. The molecule has 1 saturated heterocycles. The maximum absolute atomic E-state index is 4.86. The minimum atomic E-state index is 0.377. The Labute approximate surface area is 166 Å². The lowest BCUT2D eigenvalue weighted by Gasteiger charge is -2.37. The molecule has 2 aliphatic rings. The Morgan fingerprint density at radius 3 is 2.89 bits per heavy atom. The smallest absolute Gasteiger partial charge is 0.121 e. The van der Waals surface area contributed by atoms with Crippen molar-refractivity contribution in [2.75, 3.05) is 13.1 Å². The van der Waals surface area contributed by atoms with Crippen LogP contribution >= 0.6 is 0 Å². The van der Waals surface area contributed by atoms with Gasteiger partial charge < -0.3 is 10.3 Å². The van der Waals surface area contributed by atoms with Crippen LogP contribution in [0.3, 0.4) is 0 Å². The lowest BCUT2D eigenvalue weighted by Crippen LogP contribution is -2.45. The zero-order valence-corrected chi connectivity index (χ0v) is 16.4. The van der Waals surface area contributed by atoms with E-state index in [1.807, 2.05) is 6.20 Å². The van der Waals surface area contributed by atoms with E-state index >= 15 is 0 Å². The molecule has 2 unspecified atom stereocenters. The van der Waals surface area contributed by atoms with Crippen molar-refractivity contribution in [1.29, 1.82) is 0 Å². The van der Waals surface area contributed by atoms with Gasteiger partial charge in [-0.3, -0.25) is 9.88 Å². The molecule has 1 aromatic carbocycles. The van der Waals surface area contributed by atoms with Crippen molar-refractivity contribution < 1.29 is 0 Å². The lowest BCUT2D eigenvalue weighted by atomic mass is 9.90. The fourth-order valence-corrected chi connectivity index (χ4v) is 4.88. The fraction of sp³-hybridized carbons (Fsp3) is 0.478. The van der Waals surface area contributed by atoms with E-state index in [1.54, 1.807) is 0 Å². The third-order valence-electron chi connectivity index (χ3n) is 6.26. The zero-order valence-electron chi connectivity index (χ0n) is 16.4. The molecule has 3 aromatic rings. The van der Waals surface area contributed by atoms with Gasteiger partial charge in [0.25, 0.3) is 0 Å².